The summed E-state index contributed by atoms with van der Waals surface area (Å²) in [5, 5.41) is 6.72. The summed E-state index contributed by atoms with van der Waals surface area (Å²) in [7, 11) is 5.86. The molecule has 6 heteroatoms. The van der Waals surface area contributed by atoms with E-state index in [4.69, 9.17) is 4.42 Å². The van der Waals surface area contributed by atoms with Crippen LogP contribution in [0.1, 0.15) is 22.9 Å². The van der Waals surface area contributed by atoms with Gasteiger partial charge in [0.1, 0.15) is 5.76 Å². The van der Waals surface area contributed by atoms with Gasteiger partial charge >= 0.3 is 0 Å². The first-order chi connectivity index (χ1) is 11.1. The maximum absolute atomic E-state index is 5.53. The predicted octanol–water partition coefficient (Wildman–Crippen LogP) is 3.17. The van der Waals surface area contributed by atoms with E-state index >= 15 is 0 Å². The summed E-state index contributed by atoms with van der Waals surface area (Å²) < 4.78 is 5.53. The van der Waals surface area contributed by atoms with Gasteiger partial charge in [0.05, 0.1) is 12.3 Å². The molecule has 1 aromatic heterocycles. The second-order valence-electron chi connectivity index (χ2n) is 5.73. The van der Waals surface area contributed by atoms with Crippen LogP contribution in [0.25, 0.3) is 0 Å². The number of aliphatic imine (C=N–C) groups is 1. The fourth-order valence-electron chi connectivity index (χ4n) is 2.42. The van der Waals surface area contributed by atoms with Gasteiger partial charge in [0.2, 0.25) is 0 Å². The number of guanidine groups is 1. The van der Waals surface area contributed by atoms with Crippen LogP contribution in [0.15, 0.2) is 52.1 Å². The lowest BCUT2D eigenvalue weighted by atomic mass is 10.1. The highest BCUT2D eigenvalue weighted by Crippen LogP contribution is 2.17. The Bertz CT molecular complexity index is 626. The number of aryl methyl sites for hydroxylation is 1. The molecular formula is C18H27IN4O. The summed E-state index contributed by atoms with van der Waals surface area (Å²) in [5.74, 6) is 1.73. The van der Waals surface area contributed by atoms with Gasteiger partial charge in [-0.25, -0.2) is 0 Å². The molecule has 0 bridgehead atoms. The Morgan fingerprint density at radius 1 is 1.17 bits per heavy atom. The van der Waals surface area contributed by atoms with Crippen molar-refractivity contribution in [3.05, 3.63) is 59.5 Å². The maximum atomic E-state index is 5.53. The van der Waals surface area contributed by atoms with E-state index in [-0.39, 0.29) is 30.0 Å². The average Bonchev–Trinajstić information content (AvgIpc) is 3.05. The molecule has 5 nitrogen and oxygen atoms in total. The van der Waals surface area contributed by atoms with Gasteiger partial charge in [-0.3, -0.25) is 9.89 Å². The van der Waals surface area contributed by atoms with Crippen LogP contribution in [0.2, 0.25) is 0 Å². The summed E-state index contributed by atoms with van der Waals surface area (Å²) in [4.78, 5) is 6.42. The molecule has 1 atom stereocenters. The van der Waals surface area contributed by atoms with E-state index in [0.717, 1.165) is 18.3 Å². The van der Waals surface area contributed by atoms with Crippen molar-refractivity contribution in [1.82, 2.24) is 15.5 Å². The standard InChI is InChI=1S/C18H26N4O.HI/c1-14-8-5-6-9-15(14)12-20-18(19-2)21-13-16(22(3)4)17-10-7-11-23-17;/h5-11,16H,12-13H2,1-4H3,(H2,19,20,21);1H. The molecule has 0 aliphatic heterocycles. The Labute approximate surface area is 161 Å². The fourth-order valence-corrected chi connectivity index (χ4v) is 2.42. The highest BCUT2D eigenvalue weighted by Gasteiger charge is 2.17. The van der Waals surface area contributed by atoms with Crippen LogP contribution in [0, 0.1) is 6.92 Å². The molecule has 132 valence electrons. The summed E-state index contributed by atoms with van der Waals surface area (Å²) in [6.45, 7) is 3.58. The van der Waals surface area contributed by atoms with Gasteiger partial charge in [-0.15, -0.1) is 24.0 Å². The van der Waals surface area contributed by atoms with Crippen molar-refractivity contribution >= 4 is 29.9 Å². The molecule has 0 aliphatic rings. The van der Waals surface area contributed by atoms with E-state index in [1.165, 1.54) is 11.1 Å². The van der Waals surface area contributed by atoms with Gasteiger partial charge in [0, 0.05) is 20.1 Å². The van der Waals surface area contributed by atoms with Gasteiger partial charge in [0.25, 0.3) is 0 Å². The number of hydrogen-bond acceptors (Lipinski definition) is 3. The molecule has 2 N–H and O–H groups in total. The summed E-state index contributed by atoms with van der Waals surface area (Å²) in [6, 6.07) is 12.4. The van der Waals surface area contributed by atoms with E-state index in [2.05, 4.69) is 51.7 Å². The van der Waals surface area contributed by atoms with Crippen molar-refractivity contribution < 1.29 is 4.42 Å². The van der Waals surface area contributed by atoms with Crippen molar-refractivity contribution in [2.45, 2.75) is 19.5 Å². The van der Waals surface area contributed by atoms with E-state index < -0.39 is 0 Å². The monoisotopic (exact) mass is 442 g/mol. The Morgan fingerprint density at radius 3 is 2.50 bits per heavy atom. The lowest BCUT2D eigenvalue weighted by molar-refractivity contribution is 0.258. The minimum absolute atomic E-state index is 0. The predicted molar refractivity (Wildman–Crippen MR) is 110 cm³/mol. The van der Waals surface area contributed by atoms with E-state index in [1.54, 1.807) is 13.3 Å². The Morgan fingerprint density at radius 2 is 1.92 bits per heavy atom. The van der Waals surface area contributed by atoms with E-state index in [9.17, 15) is 0 Å². The lowest BCUT2D eigenvalue weighted by Crippen LogP contribution is -2.41. The minimum Gasteiger partial charge on any atom is -0.468 e. The molecule has 2 rings (SSSR count). The van der Waals surface area contributed by atoms with Crippen molar-refractivity contribution in [1.29, 1.82) is 0 Å². The van der Waals surface area contributed by atoms with Gasteiger partial charge in [-0.2, -0.15) is 0 Å². The molecule has 0 fully saturated rings. The SMILES string of the molecule is CN=C(NCc1ccccc1C)NCC(c1ccco1)N(C)C.I. The van der Waals surface area contributed by atoms with Crippen molar-refractivity contribution in [2.24, 2.45) is 4.99 Å². The Balaban J connectivity index is 0.00000288. The molecule has 1 heterocycles. The molecule has 1 unspecified atom stereocenters. The molecule has 24 heavy (non-hydrogen) atoms. The van der Waals surface area contributed by atoms with Crippen LogP contribution >= 0.6 is 24.0 Å². The second-order valence-corrected chi connectivity index (χ2v) is 5.73. The van der Waals surface area contributed by atoms with Gasteiger partial charge in [-0.05, 0) is 44.3 Å². The quantitative estimate of drug-likeness (QED) is 0.410. The zero-order valence-corrected chi connectivity index (χ0v) is 17.1. The third-order valence-corrected chi connectivity index (χ3v) is 3.89. The highest BCUT2D eigenvalue weighted by atomic mass is 127. The van der Waals surface area contributed by atoms with Crippen LogP contribution in [-0.2, 0) is 6.54 Å². The zero-order valence-electron chi connectivity index (χ0n) is 14.7. The topological polar surface area (TPSA) is 52.8 Å². The number of nitrogens with one attached hydrogen (secondary N) is 2. The van der Waals surface area contributed by atoms with Gasteiger partial charge < -0.3 is 15.1 Å². The molecule has 1 aromatic carbocycles. The molecule has 0 saturated heterocycles. The van der Waals surface area contributed by atoms with Crippen LogP contribution in [0.5, 0.6) is 0 Å². The van der Waals surface area contributed by atoms with Gasteiger partial charge in [-0.1, -0.05) is 24.3 Å². The third-order valence-electron chi connectivity index (χ3n) is 3.89. The average molecular weight is 442 g/mol. The number of hydrogen-bond donors (Lipinski definition) is 2. The second kappa shape index (κ2) is 10.4. The number of benzene rings is 1. The van der Waals surface area contributed by atoms with Crippen molar-refractivity contribution in [3.8, 4) is 0 Å². The molecule has 0 radical (unpaired) electrons. The Kier molecular flexibility index (Phi) is 8.84. The van der Waals surface area contributed by atoms with Crippen LogP contribution < -0.4 is 10.6 Å². The molecule has 2 aromatic rings. The van der Waals surface area contributed by atoms with Crippen LogP contribution in [0.4, 0.5) is 0 Å². The first-order valence-electron chi connectivity index (χ1n) is 7.80. The number of rotatable bonds is 6. The highest BCUT2D eigenvalue weighted by molar-refractivity contribution is 14.0. The Hall–Kier alpha value is -1.54. The zero-order chi connectivity index (χ0) is 16.7. The largest absolute Gasteiger partial charge is 0.468 e. The smallest absolute Gasteiger partial charge is 0.191 e. The number of likely N-dealkylation sites (N-methyl/N-ethyl adjacent to an activating group) is 1. The number of furan rings is 1. The molecular weight excluding hydrogens is 415 g/mol. The fraction of sp³-hybridized carbons (Fsp3) is 0.389. The van der Waals surface area contributed by atoms with E-state index in [0.29, 0.717) is 6.54 Å². The molecule has 0 spiro atoms. The normalized spacial score (nSPS) is 12.6. The maximum Gasteiger partial charge on any atom is 0.191 e. The summed E-state index contributed by atoms with van der Waals surface area (Å²) in [6.07, 6.45) is 1.71. The third kappa shape index (κ3) is 5.83. The molecule has 0 saturated carbocycles. The number of nitrogens with zero attached hydrogens (tertiary/aromatic N) is 2. The summed E-state index contributed by atoms with van der Waals surface area (Å²) in [5.41, 5.74) is 2.54. The lowest BCUT2D eigenvalue weighted by Gasteiger charge is -2.23. The van der Waals surface area contributed by atoms with Crippen molar-refractivity contribution in [3.63, 3.8) is 0 Å². The first-order valence-corrected chi connectivity index (χ1v) is 7.80. The van der Waals surface area contributed by atoms with Crippen LogP contribution in [0.3, 0.4) is 0 Å². The van der Waals surface area contributed by atoms with Gasteiger partial charge in [0.15, 0.2) is 5.96 Å². The summed E-state index contributed by atoms with van der Waals surface area (Å²) >= 11 is 0. The minimum atomic E-state index is 0. The van der Waals surface area contributed by atoms with Crippen molar-refractivity contribution in [2.75, 3.05) is 27.7 Å². The number of halogens is 1. The molecule has 0 amide bonds. The first kappa shape index (κ1) is 20.5. The molecule has 0 aliphatic carbocycles. The van der Waals surface area contributed by atoms with E-state index in [1.807, 2.05) is 26.2 Å². The van der Waals surface area contributed by atoms with Crippen LogP contribution in [-0.4, -0.2) is 38.5 Å².